The van der Waals surface area contributed by atoms with Crippen LogP contribution in [0.25, 0.3) is 43.8 Å². The van der Waals surface area contributed by atoms with Crippen LogP contribution in [-0.4, -0.2) is 0 Å². The Morgan fingerprint density at radius 2 is 1.33 bits per heavy atom. The monoisotopic (exact) mass is 330 g/mol. The van der Waals surface area contributed by atoms with Crippen molar-refractivity contribution in [3.8, 4) is 22.3 Å². The Labute approximate surface area is 131 Å². The number of rotatable bonds is 0. The molecule has 0 bridgehead atoms. The predicted molar refractivity (Wildman–Crippen MR) is 93.6 cm³/mol. The second-order valence-corrected chi connectivity index (χ2v) is 6.39. The normalized spacial score (nSPS) is 12.0. The Morgan fingerprint density at radius 1 is 0.571 bits per heavy atom. The summed E-state index contributed by atoms with van der Waals surface area (Å²) in [6, 6.07) is 24.1. The zero-order valence-electron chi connectivity index (χ0n) is 11.2. The lowest BCUT2D eigenvalue weighted by Crippen LogP contribution is -1.81. The maximum absolute atomic E-state index is 3.68. The van der Waals surface area contributed by atoms with Crippen molar-refractivity contribution in [3.05, 3.63) is 71.2 Å². The zero-order chi connectivity index (χ0) is 14.0. The Morgan fingerprint density at radius 3 is 2.19 bits per heavy atom. The summed E-state index contributed by atoms with van der Waals surface area (Å²) in [5.41, 5.74) is 5.45. The number of fused-ring (bicyclic) bond motifs is 5. The van der Waals surface area contributed by atoms with E-state index in [1.54, 1.807) is 0 Å². The maximum Gasteiger partial charge on any atom is 0.0253 e. The van der Waals surface area contributed by atoms with Crippen molar-refractivity contribution < 1.29 is 0 Å². The first-order chi connectivity index (χ1) is 10.3. The van der Waals surface area contributed by atoms with Gasteiger partial charge in [-0.2, -0.15) is 0 Å². The van der Waals surface area contributed by atoms with E-state index in [1.807, 2.05) is 0 Å². The van der Waals surface area contributed by atoms with Crippen molar-refractivity contribution in [1.29, 1.82) is 0 Å². The van der Waals surface area contributed by atoms with Gasteiger partial charge < -0.3 is 0 Å². The van der Waals surface area contributed by atoms with E-state index >= 15 is 0 Å². The summed E-state index contributed by atoms with van der Waals surface area (Å²) in [5.74, 6) is 0. The predicted octanol–water partition coefficient (Wildman–Crippen LogP) is 6.40. The molecule has 1 aliphatic carbocycles. The molecule has 5 rings (SSSR count). The molecule has 21 heavy (non-hydrogen) atoms. The van der Waals surface area contributed by atoms with Crippen LogP contribution in [0, 0.1) is 0 Å². The topological polar surface area (TPSA) is 0 Å². The molecule has 0 fully saturated rings. The summed E-state index contributed by atoms with van der Waals surface area (Å²) < 4.78 is 1.16. The zero-order valence-corrected chi connectivity index (χ0v) is 12.8. The average molecular weight is 331 g/mol. The Balaban J connectivity index is 2.07. The molecule has 0 radical (unpaired) electrons. The molecular formula is C20H11Br. The lowest BCUT2D eigenvalue weighted by Gasteiger charge is -2.08. The SMILES string of the molecule is Brc1cccc2c3c(ccc12)-c1cccc2cccc-3c12. The molecule has 0 aromatic heterocycles. The van der Waals surface area contributed by atoms with E-state index in [4.69, 9.17) is 0 Å². The highest BCUT2D eigenvalue weighted by atomic mass is 79.9. The van der Waals surface area contributed by atoms with Crippen LogP contribution in [0.2, 0.25) is 0 Å². The Hall–Kier alpha value is -2.12. The van der Waals surface area contributed by atoms with Gasteiger partial charge in [0.15, 0.2) is 0 Å². The highest BCUT2D eigenvalue weighted by Gasteiger charge is 2.22. The van der Waals surface area contributed by atoms with Crippen molar-refractivity contribution in [3.63, 3.8) is 0 Å². The van der Waals surface area contributed by atoms with E-state index < -0.39 is 0 Å². The van der Waals surface area contributed by atoms with Crippen molar-refractivity contribution in [2.45, 2.75) is 0 Å². The minimum atomic E-state index is 1.16. The molecule has 0 aliphatic heterocycles. The summed E-state index contributed by atoms with van der Waals surface area (Å²) in [4.78, 5) is 0. The largest absolute Gasteiger partial charge is 0.0610 e. The molecule has 0 unspecified atom stereocenters. The standard InChI is InChI=1S/C20H11Br/c21-18-9-3-7-14-13(18)10-11-16-15-6-1-4-12-5-2-8-17(19(12)15)20(14)16/h1-11H. The molecule has 4 aromatic carbocycles. The summed E-state index contributed by atoms with van der Waals surface area (Å²) >= 11 is 3.68. The van der Waals surface area contributed by atoms with Gasteiger partial charge in [0.25, 0.3) is 0 Å². The minimum Gasteiger partial charge on any atom is -0.0610 e. The molecular weight excluding hydrogens is 320 g/mol. The molecule has 0 heterocycles. The number of hydrogen-bond acceptors (Lipinski definition) is 0. The van der Waals surface area contributed by atoms with Crippen LogP contribution in [0.15, 0.2) is 71.2 Å². The van der Waals surface area contributed by atoms with Gasteiger partial charge in [0.1, 0.15) is 0 Å². The van der Waals surface area contributed by atoms with Crippen LogP contribution in [0.5, 0.6) is 0 Å². The molecule has 1 aliphatic rings. The smallest absolute Gasteiger partial charge is 0.0253 e. The van der Waals surface area contributed by atoms with Gasteiger partial charge in [-0.05, 0) is 49.9 Å². The van der Waals surface area contributed by atoms with Gasteiger partial charge in [0, 0.05) is 4.47 Å². The van der Waals surface area contributed by atoms with Gasteiger partial charge in [-0.15, -0.1) is 0 Å². The van der Waals surface area contributed by atoms with Crippen molar-refractivity contribution in [1.82, 2.24) is 0 Å². The lowest BCUT2D eigenvalue weighted by molar-refractivity contribution is 1.70. The van der Waals surface area contributed by atoms with E-state index in [9.17, 15) is 0 Å². The molecule has 0 saturated carbocycles. The second kappa shape index (κ2) is 3.96. The third kappa shape index (κ3) is 1.39. The van der Waals surface area contributed by atoms with Gasteiger partial charge in [0.2, 0.25) is 0 Å². The van der Waals surface area contributed by atoms with Gasteiger partial charge >= 0.3 is 0 Å². The van der Waals surface area contributed by atoms with Gasteiger partial charge in [-0.1, -0.05) is 76.6 Å². The summed E-state index contributed by atoms with van der Waals surface area (Å²) in [6.45, 7) is 0. The Bertz CT molecular complexity index is 1040. The summed E-state index contributed by atoms with van der Waals surface area (Å²) in [6.07, 6.45) is 0. The first-order valence-corrected chi connectivity index (χ1v) is 7.87. The molecule has 0 saturated heterocycles. The first-order valence-electron chi connectivity index (χ1n) is 7.08. The van der Waals surface area contributed by atoms with Crippen molar-refractivity contribution in [2.75, 3.05) is 0 Å². The molecule has 4 aromatic rings. The summed E-state index contributed by atoms with van der Waals surface area (Å²) in [5, 5.41) is 5.32. The van der Waals surface area contributed by atoms with Crippen molar-refractivity contribution >= 4 is 37.5 Å². The van der Waals surface area contributed by atoms with Crippen LogP contribution >= 0.6 is 15.9 Å². The van der Waals surface area contributed by atoms with Crippen LogP contribution < -0.4 is 0 Å². The fourth-order valence-corrected chi connectivity index (χ4v) is 4.11. The van der Waals surface area contributed by atoms with Gasteiger partial charge in [-0.25, -0.2) is 0 Å². The molecule has 0 N–H and O–H groups in total. The number of hydrogen-bond donors (Lipinski definition) is 0. The highest BCUT2D eigenvalue weighted by molar-refractivity contribution is 9.10. The van der Waals surface area contributed by atoms with Crippen LogP contribution in [0.1, 0.15) is 0 Å². The molecule has 1 heteroatoms. The molecule has 0 amide bonds. The first kappa shape index (κ1) is 11.5. The van der Waals surface area contributed by atoms with E-state index in [-0.39, 0.29) is 0 Å². The van der Waals surface area contributed by atoms with Gasteiger partial charge in [0.05, 0.1) is 0 Å². The maximum atomic E-state index is 3.68. The van der Waals surface area contributed by atoms with Gasteiger partial charge in [-0.3, -0.25) is 0 Å². The van der Waals surface area contributed by atoms with E-state index in [0.717, 1.165) is 4.47 Å². The molecule has 0 spiro atoms. The fraction of sp³-hybridized carbons (Fsp3) is 0. The third-order valence-corrected chi connectivity index (χ3v) is 5.16. The molecule has 0 nitrogen and oxygen atoms in total. The fourth-order valence-electron chi connectivity index (χ4n) is 3.61. The number of halogens is 1. The summed E-state index contributed by atoms with van der Waals surface area (Å²) in [7, 11) is 0. The van der Waals surface area contributed by atoms with Crippen LogP contribution in [-0.2, 0) is 0 Å². The molecule has 98 valence electrons. The van der Waals surface area contributed by atoms with Crippen LogP contribution in [0.4, 0.5) is 0 Å². The minimum absolute atomic E-state index is 1.16. The average Bonchev–Trinajstić information content (AvgIpc) is 2.85. The second-order valence-electron chi connectivity index (χ2n) is 5.53. The van der Waals surface area contributed by atoms with E-state index in [2.05, 4.69) is 82.7 Å². The van der Waals surface area contributed by atoms with Crippen molar-refractivity contribution in [2.24, 2.45) is 0 Å². The number of benzene rings is 4. The quantitative estimate of drug-likeness (QED) is 0.308. The van der Waals surface area contributed by atoms with E-state index in [0.29, 0.717) is 0 Å². The lowest BCUT2D eigenvalue weighted by atomic mass is 9.97. The Kier molecular flexibility index (Phi) is 2.17. The highest BCUT2D eigenvalue weighted by Crippen LogP contribution is 2.50. The third-order valence-electron chi connectivity index (χ3n) is 4.47. The van der Waals surface area contributed by atoms with Crippen LogP contribution in [0.3, 0.4) is 0 Å². The molecule has 0 atom stereocenters. The van der Waals surface area contributed by atoms with E-state index in [1.165, 1.54) is 43.8 Å².